The summed E-state index contributed by atoms with van der Waals surface area (Å²) < 4.78 is 28.5. The number of carbonyl (C=O) groups is 1. The van der Waals surface area contributed by atoms with Crippen molar-refractivity contribution in [3.05, 3.63) is 29.3 Å². The minimum Gasteiger partial charge on any atom is -0.340 e. The normalized spacial score (nSPS) is 19.0. The van der Waals surface area contributed by atoms with Crippen LogP contribution in [0.25, 0.3) is 0 Å². The number of nitrogens with one attached hydrogen (secondary N) is 1. The van der Waals surface area contributed by atoms with Gasteiger partial charge in [-0.05, 0) is 38.3 Å². The smallest absolute Gasteiger partial charge is 0.243 e. The summed E-state index contributed by atoms with van der Waals surface area (Å²) in [5.41, 5.74) is 1.82. The molecule has 7 heteroatoms. The Morgan fingerprint density at radius 2 is 1.85 bits per heavy atom. The van der Waals surface area contributed by atoms with Crippen LogP contribution in [-0.2, 0) is 14.8 Å². The Morgan fingerprint density at radius 1 is 1.19 bits per heavy atom. The van der Waals surface area contributed by atoms with Gasteiger partial charge >= 0.3 is 0 Å². The van der Waals surface area contributed by atoms with Crippen LogP contribution in [0.3, 0.4) is 0 Å². The van der Waals surface area contributed by atoms with Gasteiger partial charge in [0.05, 0.1) is 4.90 Å². The van der Waals surface area contributed by atoms with E-state index in [-0.39, 0.29) is 24.9 Å². The van der Waals surface area contributed by atoms with Crippen LogP contribution in [0.15, 0.2) is 23.1 Å². The molecular formula is C20H31N3O3S. The summed E-state index contributed by atoms with van der Waals surface area (Å²) in [4.78, 5) is 14.8. The molecule has 1 amide bonds. The van der Waals surface area contributed by atoms with Crippen molar-refractivity contribution in [2.45, 2.75) is 56.9 Å². The number of amides is 1. The van der Waals surface area contributed by atoms with Crippen molar-refractivity contribution in [3.63, 3.8) is 0 Å². The zero-order valence-corrected chi connectivity index (χ0v) is 17.2. The quantitative estimate of drug-likeness (QED) is 0.803. The molecule has 0 aromatic heterocycles. The Balaban J connectivity index is 1.79. The second-order valence-corrected chi connectivity index (χ2v) is 9.56. The zero-order valence-electron chi connectivity index (χ0n) is 16.4. The molecule has 0 unspecified atom stereocenters. The fourth-order valence-corrected chi connectivity index (χ4v) is 6.08. The standard InChI is InChI=1S/C20H31N3O3S/c1-16-7-8-19(17(2)15-16)27(25,26)23(18-5-3-4-6-18)12-9-20(24)22-13-10-21-11-14-22/h7-8,15,18,21H,3-6,9-14H2,1-2H3. The number of hydrogen-bond acceptors (Lipinski definition) is 4. The average molecular weight is 394 g/mol. The van der Waals surface area contributed by atoms with Gasteiger partial charge in [0.15, 0.2) is 0 Å². The molecule has 0 radical (unpaired) electrons. The van der Waals surface area contributed by atoms with E-state index < -0.39 is 10.0 Å². The Kier molecular flexibility index (Phi) is 6.55. The molecule has 1 saturated carbocycles. The van der Waals surface area contributed by atoms with E-state index in [1.807, 2.05) is 30.9 Å². The van der Waals surface area contributed by atoms with Crippen LogP contribution in [0.2, 0.25) is 0 Å². The van der Waals surface area contributed by atoms with E-state index in [0.717, 1.165) is 49.9 Å². The first-order valence-electron chi connectivity index (χ1n) is 9.97. The highest BCUT2D eigenvalue weighted by Crippen LogP contribution is 2.30. The van der Waals surface area contributed by atoms with Gasteiger partial charge in [-0.1, -0.05) is 30.5 Å². The predicted molar refractivity (Wildman–Crippen MR) is 106 cm³/mol. The lowest BCUT2D eigenvalue weighted by Gasteiger charge is -2.31. The van der Waals surface area contributed by atoms with Crippen LogP contribution >= 0.6 is 0 Å². The molecule has 6 nitrogen and oxygen atoms in total. The third-order valence-electron chi connectivity index (χ3n) is 5.66. The van der Waals surface area contributed by atoms with Gasteiger partial charge in [0.25, 0.3) is 0 Å². The zero-order chi connectivity index (χ0) is 19.4. The topological polar surface area (TPSA) is 69.7 Å². The number of hydrogen-bond donors (Lipinski definition) is 1. The summed E-state index contributed by atoms with van der Waals surface area (Å²) in [6, 6.07) is 5.47. The second kappa shape index (κ2) is 8.71. The molecule has 1 aliphatic carbocycles. The fraction of sp³-hybridized carbons (Fsp3) is 0.650. The van der Waals surface area contributed by atoms with Crippen molar-refractivity contribution < 1.29 is 13.2 Å². The van der Waals surface area contributed by atoms with Crippen molar-refractivity contribution in [2.24, 2.45) is 0 Å². The lowest BCUT2D eigenvalue weighted by molar-refractivity contribution is -0.131. The highest BCUT2D eigenvalue weighted by atomic mass is 32.2. The first-order valence-corrected chi connectivity index (χ1v) is 11.4. The molecule has 0 spiro atoms. The van der Waals surface area contributed by atoms with Gasteiger partial charge in [-0.25, -0.2) is 8.42 Å². The molecule has 0 atom stereocenters. The van der Waals surface area contributed by atoms with E-state index in [0.29, 0.717) is 18.0 Å². The molecule has 1 aromatic carbocycles. The Hall–Kier alpha value is -1.44. The monoisotopic (exact) mass is 393 g/mol. The number of sulfonamides is 1. The van der Waals surface area contributed by atoms with Gasteiger partial charge in [-0.3, -0.25) is 4.79 Å². The SMILES string of the molecule is Cc1ccc(S(=O)(=O)N(CCC(=O)N2CCNCC2)C2CCCC2)c(C)c1. The van der Waals surface area contributed by atoms with Gasteiger partial charge in [0, 0.05) is 45.2 Å². The molecule has 0 bridgehead atoms. The molecule has 1 aliphatic heterocycles. The molecule has 2 fully saturated rings. The maximum absolute atomic E-state index is 13.4. The Bertz CT molecular complexity index is 767. The number of piperazine rings is 1. The summed E-state index contributed by atoms with van der Waals surface area (Å²) in [5, 5.41) is 3.24. The lowest BCUT2D eigenvalue weighted by atomic mass is 10.2. The third-order valence-corrected chi connectivity index (χ3v) is 7.78. The number of benzene rings is 1. The third kappa shape index (κ3) is 4.70. The molecule has 2 aliphatic rings. The number of aryl methyl sites for hydroxylation is 2. The predicted octanol–water partition coefficient (Wildman–Crippen LogP) is 2.06. The van der Waals surface area contributed by atoms with E-state index in [4.69, 9.17) is 0 Å². The van der Waals surface area contributed by atoms with Crippen molar-refractivity contribution in [2.75, 3.05) is 32.7 Å². The molecule has 27 heavy (non-hydrogen) atoms. The molecular weight excluding hydrogens is 362 g/mol. The molecule has 1 saturated heterocycles. The molecule has 150 valence electrons. The number of carbonyl (C=O) groups excluding carboxylic acids is 1. The van der Waals surface area contributed by atoms with Crippen molar-refractivity contribution in [1.29, 1.82) is 0 Å². The van der Waals surface area contributed by atoms with Crippen LogP contribution in [-0.4, -0.2) is 62.3 Å². The maximum atomic E-state index is 13.4. The van der Waals surface area contributed by atoms with Gasteiger partial charge in [0.2, 0.25) is 15.9 Å². The molecule has 1 N–H and O–H groups in total. The largest absolute Gasteiger partial charge is 0.340 e. The van der Waals surface area contributed by atoms with Gasteiger partial charge < -0.3 is 10.2 Å². The van der Waals surface area contributed by atoms with Crippen molar-refractivity contribution >= 4 is 15.9 Å². The Labute approximate surface area is 163 Å². The highest BCUT2D eigenvalue weighted by molar-refractivity contribution is 7.89. The van der Waals surface area contributed by atoms with Crippen LogP contribution < -0.4 is 5.32 Å². The lowest BCUT2D eigenvalue weighted by Crippen LogP contribution is -2.48. The number of rotatable bonds is 6. The summed E-state index contributed by atoms with van der Waals surface area (Å²) in [6.45, 7) is 7.09. The second-order valence-electron chi connectivity index (χ2n) is 7.70. The first-order chi connectivity index (χ1) is 12.9. The van der Waals surface area contributed by atoms with Gasteiger partial charge in [0.1, 0.15) is 0 Å². The van der Waals surface area contributed by atoms with Crippen LogP contribution in [0.5, 0.6) is 0 Å². The summed E-state index contributed by atoms with van der Waals surface area (Å²) >= 11 is 0. The average Bonchev–Trinajstić information content (AvgIpc) is 3.16. The molecule has 3 rings (SSSR count). The fourth-order valence-electron chi connectivity index (χ4n) is 4.18. The van der Waals surface area contributed by atoms with E-state index in [9.17, 15) is 13.2 Å². The van der Waals surface area contributed by atoms with Crippen molar-refractivity contribution in [1.82, 2.24) is 14.5 Å². The first kappa shape index (κ1) is 20.3. The minimum absolute atomic E-state index is 0.00604. The van der Waals surface area contributed by atoms with Crippen molar-refractivity contribution in [3.8, 4) is 0 Å². The van der Waals surface area contributed by atoms with Crippen LogP contribution in [0, 0.1) is 13.8 Å². The summed E-state index contributed by atoms with van der Waals surface area (Å²) in [7, 11) is -3.61. The molecule has 1 heterocycles. The number of nitrogens with zero attached hydrogens (tertiary/aromatic N) is 2. The highest BCUT2D eigenvalue weighted by Gasteiger charge is 2.34. The van der Waals surface area contributed by atoms with Gasteiger partial charge in [-0.2, -0.15) is 4.31 Å². The Morgan fingerprint density at radius 3 is 2.48 bits per heavy atom. The van der Waals surface area contributed by atoms with E-state index in [2.05, 4.69) is 5.32 Å². The van der Waals surface area contributed by atoms with Gasteiger partial charge in [-0.15, -0.1) is 0 Å². The minimum atomic E-state index is -3.61. The van der Waals surface area contributed by atoms with E-state index in [1.165, 1.54) is 0 Å². The maximum Gasteiger partial charge on any atom is 0.243 e. The van der Waals surface area contributed by atoms with E-state index in [1.54, 1.807) is 10.4 Å². The van der Waals surface area contributed by atoms with E-state index >= 15 is 0 Å². The van der Waals surface area contributed by atoms with Crippen LogP contribution in [0.4, 0.5) is 0 Å². The molecule has 1 aromatic rings. The summed E-state index contributed by atoms with van der Waals surface area (Å²) in [5.74, 6) is 0.0512. The summed E-state index contributed by atoms with van der Waals surface area (Å²) in [6.07, 6.45) is 4.11. The van der Waals surface area contributed by atoms with Crippen LogP contribution in [0.1, 0.15) is 43.2 Å².